The molecule has 15 heavy (non-hydrogen) atoms. The van der Waals surface area contributed by atoms with Crippen LogP contribution in [0.5, 0.6) is 0 Å². The average molecular weight is 274 g/mol. The molecule has 1 aromatic heterocycles. The number of nitrogens with zero attached hydrogens (tertiary/aromatic N) is 2. The van der Waals surface area contributed by atoms with Gasteiger partial charge in [-0.05, 0) is 29.3 Å². The molecule has 1 aromatic rings. The number of anilines is 1. The van der Waals surface area contributed by atoms with Crippen LogP contribution in [0.15, 0.2) is 10.7 Å². The molecule has 0 amide bonds. The summed E-state index contributed by atoms with van der Waals surface area (Å²) >= 11 is 3.40. The van der Waals surface area contributed by atoms with Crippen LogP contribution in [0, 0.1) is 0 Å². The van der Waals surface area contributed by atoms with Gasteiger partial charge in [0.25, 0.3) is 0 Å². The zero-order valence-corrected chi connectivity index (χ0v) is 10.8. The summed E-state index contributed by atoms with van der Waals surface area (Å²) in [4.78, 5) is 8.65. The fourth-order valence-electron chi connectivity index (χ4n) is 1.28. The fraction of sp³-hybridized carbons (Fsp3) is 0.600. The third-order valence-corrected chi connectivity index (χ3v) is 2.63. The van der Waals surface area contributed by atoms with Crippen LogP contribution < -0.4 is 5.32 Å². The van der Waals surface area contributed by atoms with E-state index in [1.165, 1.54) is 0 Å². The summed E-state index contributed by atoms with van der Waals surface area (Å²) in [5.74, 6) is 1.54. The maximum absolute atomic E-state index is 5.29. The highest BCUT2D eigenvalue weighted by molar-refractivity contribution is 9.10. The molecule has 84 valence electrons. The Morgan fingerprint density at radius 3 is 2.80 bits per heavy atom. The van der Waals surface area contributed by atoms with Crippen molar-refractivity contribution in [1.82, 2.24) is 9.97 Å². The summed E-state index contributed by atoms with van der Waals surface area (Å²) < 4.78 is 6.16. The lowest BCUT2D eigenvalue weighted by molar-refractivity contribution is 0.0926. The first-order chi connectivity index (χ1) is 7.22. The largest absolute Gasteiger partial charge is 0.373 e. The topological polar surface area (TPSA) is 47.0 Å². The molecule has 5 heteroatoms. The van der Waals surface area contributed by atoms with E-state index in [1.54, 1.807) is 13.3 Å². The third kappa shape index (κ3) is 3.14. The number of halogens is 1. The van der Waals surface area contributed by atoms with Gasteiger partial charge in [-0.25, -0.2) is 9.97 Å². The second-order valence-electron chi connectivity index (χ2n) is 3.09. The Hall–Kier alpha value is -0.680. The standard InChI is InChI=1S/C10H16BrN3O/c1-4-8(15-3)10-13-6-7(11)9(14-10)12-5-2/h6,8H,4-5H2,1-3H3,(H,12,13,14). The van der Waals surface area contributed by atoms with Gasteiger partial charge in [-0.2, -0.15) is 0 Å². The molecule has 1 N–H and O–H groups in total. The third-order valence-electron chi connectivity index (χ3n) is 2.05. The molecule has 0 aliphatic heterocycles. The molecule has 1 rings (SSSR count). The van der Waals surface area contributed by atoms with Gasteiger partial charge in [-0.15, -0.1) is 0 Å². The van der Waals surface area contributed by atoms with Gasteiger partial charge in [0.1, 0.15) is 11.9 Å². The van der Waals surface area contributed by atoms with Gasteiger partial charge in [-0.3, -0.25) is 0 Å². The van der Waals surface area contributed by atoms with E-state index in [9.17, 15) is 0 Å². The highest BCUT2D eigenvalue weighted by Crippen LogP contribution is 2.23. The molecule has 1 heterocycles. The van der Waals surface area contributed by atoms with Crippen LogP contribution in [0.2, 0.25) is 0 Å². The summed E-state index contributed by atoms with van der Waals surface area (Å²) in [6, 6.07) is 0. The molecule has 1 unspecified atom stereocenters. The molecule has 0 bridgehead atoms. The molecule has 0 aliphatic carbocycles. The minimum atomic E-state index is -0.0319. The smallest absolute Gasteiger partial charge is 0.159 e. The van der Waals surface area contributed by atoms with Gasteiger partial charge >= 0.3 is 0 Å². The summed E-state index contributed by atoms with van der Waals surface area (Å²) in [5.41, 5.74) is 0. The molecular formula is C10H16BrN3O. The summed E-state index contributed by atoms with van der Waals surface area (Å²) in [6.07, 6.45) is 2.58. The highest BCUT2D eigenvalue weighted by atomic mass is 79.9. The predicted octanol–water partition coefficient (Wildman–Crippen LogP) is 2.77. The first-order valence-corrected chi connectivity index (χ1v) is 5.81. The lowest BCUT2D eigenvalue weighted by atomic mass is 10.2. The predicted molar refractivity (Wildman–Crippen MR) is 63.9 cm³/mol. The van der Waals surface area contributed by atoms with Crippen LogP contribution in [-0.2, 0) is 4.74 Å². The summed E-state index contributed by atoms with van der Waals surface area (Å²) in [5, 5.41) is 3.17. The summed E-state index contributed by atoms with van der Waals surface area (Å²) in [6.45, 7) is 4.91. The Kier molecular flexibility index (Phi) is 4.98. The average Bonchev–Trinajstić information content (AvgIpc) is 2.25. The van der Waals surface area contributed by atoms with Crippen molar-refractivity contribution >= 4 is 21.7 Å². The molecule has 0 spiro atoms. The maximum Gasteiger partial charge on any atom is 0.159 e. The first-order valence-electron chi connectivity index (χ1n) is 5.02. The zero-order chi connectivity index (χ0) is 11.3. The normalized spacial score (nSPS) is 12.5. The van der Waals surface area contributed by atoms with Crippen molar-refractivity contribution in [3.63, 3.8) is 0 Å². The Morgan fingerprint density at radius 1 is 1.53 bits per heavy atom. The lowest BCUT2D eigenvalue weighted by Crippen LogP contribution is -2.09. The minimum Gasteiger partial charge on any atom is -0.373 e. The maximum atomic E-state index is 5.29. The van der Waals surface area contributed by atoms with E-state index >= 15 is 0 Å². The van der Waals surface area contributed by atoms with Gasteiger partial charge < -0.3 is 10.1 Å². The van der Waals surface area contributed by atoms with Crippen molar-refractivity contribution in [3.05, 3.63) is 16.5 Å². The second kappa shape index (κ2) is 6.02. The molecule has 1 atom stereocenters. The monoisotopic (exact) mass is 273 g/mol. The Bertz CT molecular complexity index is 316. The van der Waals surface area contributed by atoms with Crippen molar-refractivity contribution in [2.24, 2.45) is 0 Å². The van der Waals surface area contributed by atoms with Gasteiger partial charge in [0, 0.05) is 19.9 Å². The van der Waals surface area contributed by atoms with Crippen LogP contribution in [0.4, 0.5) is 5.82 Å². The van der Waals surface area contributed by atoms with E-state index in [0.717, 1.165) is 29.1 Å². The Morgan fingerprint density at radius 2 is 2.27 bits per heavy atom. The molecule has 0 fully saturated rings. The van der Waals surface area contributed by atoms with Crippen LogP contribution in [0.1, 0.15) is 32.2 Å². The van der Waals surface area contributed by atoms with Crippen LogP contribution in [-0.4, -0.2) is 23.6 Å². The van der Waals surface area contributed by atoms with Crippen LogP contribution in [0.3, 0.4) is 0 Å². The van der Waals surface area contributed by atoms with Crippen LogP contribution in [0.25, 0.3) is 0 Å². The number of rotatable bonds is 5. The van der Waals surface area contributed by atoms with E-state index in [1.807, 2.05) is 13.8 Å². The molecule has 0 saturated carbocycles. The molecule has 4 nitrogen and oxygen atoms in total. The van der Waals surface area contributed by atoms with E-state index in [4.69, 9.17) is 4.74 Å². The van der Waals surface area contributed by atoms with Gasteiger partial charge in [0.05, 0.1) is 4.47 Å². The number of methoxy groups -OCH3 is 1. The van der Waals surface area contributed by atoms with E-state index in [-0.39, 0.29) is 6.10 Å². The van der Waals surface area contributed by atoms with Crippen molar-refractivity contribution in [2.75, 3.05) is 19.0 Å². The molecule has 0 aromatic carbocycles. The van der Waals surface area contributed by atoms with Crippen molar-refractivity contribution in [2.45, 2.75) is 26.4 Å². The molecule has 0 aliphatic rings. The number of ether oxygens (including phenoxy) is 1. The Balaban J connectivity index is 2.95. The second-order valence-corrected chi connectivity index (χ2v) is 3.94. The number of hydrogen-bond acceptors (Lipinski definition) is 4. The van der Waals surface area contributed by atoms with E-state index in [0.29, 0.717) is 0 Å². The van der Waals surface area contributed by atoms with Crippen molar-refractivity contribution in [1.29, 1.82) is 0 Å². The fourth-order valence-corrected chi connectivity index (χ4v) is 1.61. The van der Waals surface area contributed by atoms with Gasteiger partial charge in [-0.1, -0.05) is 6.92 Å². The number of nitrogens with one attached hydrogen (secondary N) is 1. The van der Waals surface area contributed by atoms with E-state index < -0.39 is 0 Å². The summed E-state index contributed by atoms with van der Waals surface area (Å²) in [7, 11) is 1.67. The zero-order valence-electron chi connectivity index (χ0n) is 9.25. The number of hydrogen-bond donors (Lipinski definition) is 1. The Labute approximate surface area is 98.6 Å². The molecular weight excluding hydrogens is 258 g/mol. The van der Waals surface area contributed by atoms with E-state index in [2.05, 4.69) is 31.2 Å². The highest BCUT2D eigenvalue weighted by Gasteiger charge is 2.13. The van der Waals surface area contributed by atoms with Crippen molar-refractivity contribution < 1.29 is 4.74 Å². The quantitative estimate of drug-likeness (QED) is 0.896. The van der Waals surface area contributed by atoms with Gasteiger partial charge in [0.2, 0.25) is 0 Å². The molecule has 0 saturated heterocycles. The number of aromatic nitrogens is 2. The first kappa shape index (κ1) is 12.4. The van der Waals surface area contributed by atoms with Gasteiger partial charge in [0.15, 0.2) is 5.82 Å². The SMILES string of the molecule is CCNc1nc(C(CC)OC)ncc1Br. The minimum absolute atomic E-state index is 0.0319. The molecule has 0 radical (unpaired) electrons. The van der Waals surface area contributed by atoms with Crippen molar-refractivity contribution in [3.8, 4) is 0 Å². The lowest BCUT2D eigenvalue weighted by Gasteiger charge is -2.13. The van der Waals surface area contributed by atoms with Crippen LogP contribution >= 0.6 is 15.9 Å².